The minimum atomic E-state index is 0.871. The summed E-state index contributed by atoms with van der Waals surface area (Å²) in [6.45, 7) is 4.67. The number of hydrogen-bond acceptors (Lipinski definition) is 0. The molecule has 0 aromatic heterocycles. The molecule has 1 aromatic carbocycles. The standard InChI is InChI=1S/C23H38/c1-20(2)12-6-3-4-8-14-22-16-10-11-17-23(22)15-9-5-7-13-21-18-19-21/h10-11,16-17,20-21H,3-9,12-15,18-19H2,1-2H3. The van der Waals surface area contributed by atoms with E-state index in [1.807, 2.05) is 0 Å². The predicted octanol–water partition coefficient (Wildman–Crippen LogP) is 7.35. The van der Waals surface area contributed by atoms with Gasteiger partial charge in [0.15, 0.2) is 0 Å². The van der Waals surface area contributed by atoms with Gasteiger partial charge in [-0.25, -0.2) is 0 Å². The van der Waals surface area contributed by atoms with Gasteiger partial charge in [0.1, 0.15) is 0 Å². The maximum absolute atomic E-state index is 2.37. The molecule has 1 aromatic rings. The summed E-state index contributed by atoms with van der Waals surface area (Å²) < 4.78 is 0. The Hall–Kier alpha value is -0.780. The third kappa shape index (κ3) is 8.58. The van der Waals surface area contributed by atoms with Crippen LogP contribution in [0.15, 0.2) is 24.3 Å². The van der Waals surface area contributed by atoms with E-state index in [-0.39, 0.29) is 0 Å². The van der Waals surface area contributed by atoms with Crippen LogP contribution in [0, 0.1) is 11.8 Å². The summed E-state index contributed by atoms with van der Waals surface area (Å²) in [5.74, 6) is 1.98. The van der Waals surface area contributed by atoms with E-state index in [2.05, 4.69) is 38.1 Å². The van der Waals surface area contributed by atoms with Gasteiger partial charge in [-0.1, -0.05) is 95.9 Å². The van der Waals surface area contributed by atoms with Gasteiger partial charge >= 0.3 is 0 Å². The Morgan fingerprint density at radius 2 is 1.35 bits per heavy atom. The van der Waals surface area contributed by atoms with Crippen molar-refractivity contribution in [1.82, 2.24) is 0 Å². The molecule has 1 fully saturated rings. The summed E-state index contributed by atoms with van der Waals surface area (Å²) in [7, 11) is 0. The van der Waals surface area contributed by atoms with Crippen molar-refractivity contribution in [2.45, 2.75) is 97.3 Å². The first-order valence-corrected chi connectivity index (χ1v) is 10.3. The maximum Gasteiger partial charge on any atom is -0.0276 e. The molecule has 0 atom stereocenters. The van der Waals surface area contributed by atoms with Gasteiger partial charge in [-0.05, 0) is 48.6 Å². The summed E-state index contributed by atoms with van der Waals surface area (Å²) in [6, 6.07) is 9.19. The van der Waals surface area contributed by atoms with Crippen molar-refractivity contribution in [1.29, 1.82) is 0 Å². The third-order valence-corrected chi connectivity index (χ3v) is 5.35. The fraction of sp³-hybridized carbons (Fsp3) is 0.739. The molecule has 0 heteroatoms. The van der Waals surface area contributed by atoms with Crippen molar-refractivity contribution in [3.8, 4) is 0 Å². The van der Waals surface area contributed by atoms with Crippen LogP contribution in [0.5, 0.6) is 0 Å². The van der Waals surface area contributed by atoms with Crippen LogP contribution in [0.2, 0.25) is 0 Å². The topological polar surface area (TPSA) is 0 Å². The average molecular weight is 315 g/mol. The highest BCUT2D eigenvalue weighted by atomic mass is 14.3. The predicted molar refractivity (Wildman–Crippen MR) is 103 cm³/mol. The molecule has 0 nitrogen and oxygen atoms in total. The summed E-state index contributed by atoms with van der Waals surface area (Å²) in [5.41, 5.74) is 3.25. The lowest BCUT2D eigenvalue weighted by Gasteiger charge is -2.10. The Morgan fingerprint density at radius 1 is 0.783 bits per heavy atom. The van der Waals surface area contributed by atoms with E-state index in [1.54, 1.807) is 11.1 Å². The molecular formula is C23H38. The highest BCUT2D eigenvalue weighted by Gasteiger charge is 2.19. The fourth-order valence-corrected chi connectivity index (χ4v) is 3.60. The van der Waals surface area contributed by atoms with E-state index in [0.29, 0.717) is 0 Å². The second-order valence-electron chi connectivity index (χ2n) is 8.16. The van der Waals surface area contributed by atoms with E-state index in [9.17, 15) is 0 Å². The van der Waals surface area contributed by atoms with Crippen molar-refractivity contribution in [3.05, 3.63) is 35.4 Å². The zero-order valence-corrected chi connectivity index (χ0v) is 15.7. The van der Waals surface area contributed by atoms with Crippen molar-refractivity contribution in [2.75, 3.05) is 0 Å². The zero-order valence-electron chi connectivity index (χ0n) is 15.7. The molecule has 0 spiro atoms. The Bertz CT molecular complexity index is 414. The van der Waals surface area contributed by atoms with Gasteiger partial charge in [-0.15, -0.1) is 0 Å². The first-order chi connectivity index (χ1) is 11.3. The SMILES string of the molecule is CC(C)CCCCCCc1ccccc1CCCCCC1CC1. The second kappa shape index (κ2) is 10.9. The van der Waals surface area contributed by atoms with Crippen LogP contribution in [-0.4, -0.2) is 0 Å². The molecule has 0 unspecified atom stereocenters. The van der Waals surface area contributed by atoms with Crippen LogP contribution >= 0.6 is 0 Å². The normalized spacial score (nSPS) is 14.6. The highest BCUT2D eigenvalue weighted by molar-refractivity contribution is 5.27. The molecule has 0 saturated heterocycles. The second-order valence-corrected chi connectivity index (χ2v) is 8.16. The lowest BCUT2D eigenvalue weighted by atomic mass is 9.96. The molecule has 0 N–H and O–H groups in total. The lowest BCUT2D eigenvalue weighted by molar-refractivity contribution is 0.519. The minimum Gasteiger partial charge on any atom is -0.0628 e. The molecule has 130 valence electrons. The van der Waals surface area contributed by atoms with E-state index >= 15 is 0 Å². The average Bonchev–Trinajstić information content (AvgIpc) is 3.35. The molecule has 1 aliphatic carbocycles. The number of rotatable bonds is 13. The van der Waals surface area contributed by atoms with Crippen molar-refractivity contribution < 1.29 is 0 Å². The van der Waals surface area contributed by atoms with Crippen LogP contribution < -0.4 is 0 Å². The van der Waals surface area contributed by atoms with E-state index < -0.39 is 0 Å². The van der Waals surface area contributed by atoms with E-state index in [0.717, 1.165) is 11.8 Å². The smallest absolute Gasteiger partial charge is 0.0276 e. The molecule has 0 aliphatic heterocycles. The molecule has 1 aliphatic rings. The Morgan fingerprint density at radius 3 is 1.91 bits per heavy atom. The van der Waals surface area contributed by atoms with Gasteiger partial charge in [0.2, 0.25) is 0 Å². The maximum atomic E-state index is 2.37. The van der Waals surface area contributed by atoms with Crippen LogP contribution in [0.4, 0.5) is 0 Å². The largest absolute Gasteiger partial charge is 0.0628 e. The summed E-state index contributed by atoms with van der Waals surface area (Å²) in [6.07, 6.45) is 18.4. The number of aryl methyl sites for hydroxylation is 2. The molecule has 1 saturated carbocycles. The molecule has 2 rings (SSSR count). The van der Waals surface area contributed by atoms with Gasteiger partial charge in [0.05, 0.1) is 0 Å². The van der Waals surface area contributed by atoms with Gasteiger partial charge in [0, 0.05) is 0 Å². The van der Waals surface area contributed by atoms with Gasteiger partial charge < -0.3 is 0 Å². The van der Waals surface area contributed by atoms with E-state index in [4.69, 9.17) is 0 Å². The third-order valence-electron chi connectivity index (χ3n) is 5.35. The van der Waals surface area contributed by atoms with Crippen molar-refractivity contribution >= 4 is 0 Å². The first kappa shape index (κ1) is 18.6. The van der Waals surface area contributed by atoms with Crippen LogP contribution in [0.25, 0.3) is 0 Å². The quantitative estimate of drug-likeness (QED) is 0.334. The lowest BCUT2D eigenvalue weighted by Crippen LogP contribution is -1.95. The summed E-state index contributed by atoms with van der Waals surface area (Å²) in [4.78, 5) is 0. The molecule has 0 heterocycles. The van der Waals surface area contributed by atoms with Crippen LogP contribution in [0.3, 0.4) is 0 Å². The van der Waals surface area contributed by atoms with Crippen molar-refractivity contribution in [2.24, 2.45) is 11.8 Å². The zero-order chi connectivity index (χ0) is 16.3. The number of hydrogen-bond donors (Lipinski definition) is 0. The van der Waals surface area contributed by atoms with Crippen molar-refractivity contribution in [3.63, 3.8) is 0 Å². The molecule has 0 amide bonds. The highest BCUT2D eigenvalue weighted by Crippen LogP contribution is 2.34. The molecule has 0 bridgehead atoms. The molecular weight excluding hydrogens is 276 g/mol. The van der Waals surface area contributed by atoms with Crippen LogP contribution in [0.1, 0.15) is 95.6 Å². The van der Waals surface area contributed by atoms with Gasteiger partial charge in [-0.3, -0.25) is 0 Å². The number of benzene rings is 1. The minimum absolute atomic E-state index is 0.871. The van der Waals surface area contributed by atoms with Crippen LogP contribution in [-0.2, 0) is 12.8 Å². The Balaban J connectivity index is 1.59. The monoisotopic (exact) mass is 314 g/mol. The Labute approximate surface area is 145 Å². The molecule has 23 heavy (non-hydrogen) atoms. The number of unbranched alkanes of at least 4 members (excludes halogenated alkanes) is 5. The summed E-state index contributed by atoms with van der Waals surface area (Å²) in [5, 5.41) is 0. The Kier molecular flexibility index (Phi) is 8.79. The summed E-state index contributed by atoms with van der Waals surface area (Å²) >= 11 is 0. The van der Waals surface area contributed by atoms with Gasteiger partial charge in [0.25, 0.3) is 0 Å². The fourth-order valence-electron chi connectivity index (χ4n) is 3.60. The molecule has 0 radical (unpaired) electrons. The van der Waals surface area contributed by atoms with E-state index in [1.165, 1.54) is 83.5 Å². The first-order valence-electron chi connectivity index (χ1n) is 10.3. The van der Waals surface area contributed by atoms with Gasteiger partial charge in [-0.2, -0.15) is 0 Å².